The van der Waals surface area contributed by atoms with Gasteiger partial charge in [-0.05, 0) is 13.0 Å². The van der Waals surface area contributed by atoms with Crippen LogP contribution in [-0.4, -0.2) is 37.4 Å². The highest BCUT2D eigenvalue weighted by molar-refractivity contribution is 7.87. The Morgan fingerprint density at radius 1 is 1.45 bits per heavy atom. The lowest BCUT2D eigenvalue weighted by Gasteiger charge is -2.21. The first kappa shape index (κ1) is 16.5. The Morgan fingerprint density at radius 3 is 2.60 bits per heavy atom. The van der Waals surface area contributed by atoms with Gasteiger partial charge in [0.2, 0.25) is 0 Å². The lowest BCUT2D eigenvalue weighted by molar-refractivity contribution is -0.137. The molecule has 0 bridgehead atoms. The number of hydrogen-bond donors (Lipinski definition) is 2. The monoisotopic (exact) mass is 304 g/mol. The van der Waals surface area contributed by atoms with Crippen molar-refractivity contribution in [3.63, 3.8) is 0 Å². The van der Waals surface area contributed by atoms with E-state index in [2.05, 4.69) is 4.72 Å². The second-order valence-corrected chi connectivity index (χ2v) is 6.14. The van der Waals surface area contributed by atoms with Crippen molar-refractivity contribution in [3.05, 3.63) is 35.6 Å². The summed E-state index contributed by atoms with van der Waals surface area (Å²) >= 11 is 0. The predicted octanol–water partition coefficient (Wildman–Crippen LogP) is 1.13. The highest BCUT2D eigenvalue weighted by atomic mass is 32.2. The molecule has 0 aliphatic heterocycles. The van der Waals surface area contributed by atoms with Gasteiger partial charge in [-0.2, -0.15) is 17.4 Å². The predicted molar refractivity (Wildman–Crippen MR) is 71.8 cm³/mol. The Hall–Kier alpha value is -1.51. The van der Waals surface area contributed by atoms with Gasteiger partial charge < -0.3 is 5.11 Å². The molecular weight excluding hydrogens is 287 g/mol. The molecule has 1 aromatic carbocycles. The summed E-state index contributed by atoms with van der Waals surface area (Å²) in [6.45, 7) is 1.36. The molecule has 0 aromatic heterocycles. The molecule has 0 radical (unpaired) electrons. The van der Waals surface area contributed by atoms with Crippen molar-refractivity contribution in [2.45, 2.75) is 19.4 Å². The van der Waals surface area contributed by atoms with Gasteiger partial charge in [0, 0.05) is 25.2 Å². The molecule has 0 aliphatic rings. The average molecular weight is 304 g/mol. The van der Waals surface area contributed by atoms with Crippen LogP contribution >= 0.6 is 0 Å². The Kier molecular flexibility index (Phi) is 5.61. The first-order chi connectivity index (χ1) is 9.24. The number of hydrogen-bond acceptors (Lipinski definition) is 3. The first-order valence-corrected chi connectivity index (χ1v) is 7.38. The molecule has 0 saturated carbocycles. The molecule has 1 aromatic rings. The zero-order chi connectivity index (χ0) is 15.3. The third kappa shape index (κ3) is 4.55. The Labute approximate surface area is 117 Å². The summed E-state index contributed by atoms with van der Waals surface area (Å²) in [5.74, 6) is -1.59. The summed E-state index contributed by atoms with van der Waals surface area (Å²) in [6.07, 6.45) is -0.300. The Bertz CT molecular complexity index is 577. The van der Waals surface area contributed by atoms with Crippen LogP contribution in [0.25, 0.3) is 0 Å². The van der Waals surface area contributed by atoms with E-state index >= 15 is 0 Å². The van der Waals surface area contributed by atoms with Gasteiger partial charge in [0.1, 0.15) is 5.82 Å². The first-order valence-electron chi connectivity index (χ1n) is 5.94. The summed E-state index contributed by atoms with van der Waals surface area (Å²) in [5, 5.41) is 8.53. The van der Waals surface area contributed by atoms with Crippen molar-refractivity contribution in [1.29, 1.82) is 0 Å². The maximum atomic E-state index is 13.5. The van der Waals surface area contributed by atoms with Crippen molar-refractivity contribution in [3.8, 4) is 0 Å². The minimum atomic E-state index is -3.87. The van der Waals surface area contributed by atoms with Crippen LogP contribution in [0.5, 0.6) is 0 Å². The van der Waals surface area contributed by atoms with E-state index in [1.165, 1.54) is 32.2 Å². The quantitative estimate of drug-likeness (QED) is 0.790. The van der Waals surface area contributed by atoms with Crippen LogP contribution in [0.3, 0.4) is 0 Å². The van der Waals surface area contributed by atoms with Crippen molar-refractivity contribution < 1.29 is 22.7 Å². The second kappa shape index (κ2) is 6.78. The van der Waals surface area contributed by atoms with Crippen LogP contribution in [0, 0.1) is 5.82 Å². The van der Waals surface area contributed by atoms with Gasteiger partial charge >= 0.3 is 5.97 Å². The Balaban J connectivity index is 2.75. The number of nitrogens with one attached hydrogen (secondary N) is 1. The maximum Gasteiger partial charge on any atom is 0.304 e. The molecule has 0 aliphatic carbocycles. The van der Waals surface area contributed by atoms with Gasteiger partial charge in [-0.3, -0.25) is 4.79 Å². The number of carboxylic acid groups (broad SMARTS) is 1. The number of nitrogens with zero attached hydrogens (tertiary/aromatic N) is 1. The fraction of sp³-hybridized carbons (Fsp3) is 0.417. The van der Waals surface area contributed by atoms with Crippen molar-refractivity contribution >= 4 is 16.2 Å². The Morgan fingerprint density at radius 2 is 2.05 bits per heavy atom. The van der Waals surface area contributed by atoms with Gasteiger partial charge in [-0.15, -0.1) is 0 Å². The van der Waals surface area contributed by atoms with E-state index in [1.54, 1.807) is 6.07 Å². The van der Waals surface area contributed by atoms with E-state index in [9.17, 15) is 17.6 Å². The fourth-order valence-corrected chi connectivity index (χ4v) is 2.66. The molecule has 6 nitrogen and oxygen atoms in total. The molecule has 20 heavy (non-hydrogen) atoms. The number of carboxylic acids is 1. The molecule has 112 valence electrons. The number of halogens is 1. The third-order valence-electron chi connectivity index (χ3n) is 2.75. The highest BCUT2D eigenvalue weighted by Gasteiger charge is 2.22. The van der Waals surface area contributed by atoms with Crippen LogP contribution < -0.4 is 4.72 Å². The average Bonchev–Trinajstić information content (AvgIpc) is 2.35. The molecule has 0 fully saturated rings. The van der Waals surface area contributed by atoms with Crippen LogP contribution in [0.4, 0.5) is 4.39 Å². The summed E-state index contributed by atoms with van der Waals surface area (Å²) in [5.41, 5.74) is 0.225. The molecule has 0 heterocycles. The smallest absolute Gasteiger partial charge is 0.304 e. The highest BCUT2D eigenvalue weighted by Crippen LogP contribution is 2.17. The van der Waals surface area contributed by atoms with Gasteiger partial charge in [-0.1, -0.05) is 18.2 Å². The zero-order valence-corrected chi connectivity index (χ0v) is 12.0. The molecule has 1 rings (SSSR count). The van der Waals surface area contributed by atoms with E-state index in [0.717, 1.165) is 4.31 Å². The maximum absolute atomic E-state index is 13.5. The van der Waals surface area contributed by atoms with Gasteiger partial charge in [0.25, 0.3) is 10.2 Å². The number of rotatable bonds is 7. The molecule has 0 amide bonds. The third-order valence-corrected chi connectivity index (χ3v) is 4.40. The van der Waals surface area contributed by atoms with Crippen molar-refractivity contribution in [2.24, 2.45) is 0 Å². The SMILES string of the molecule is C[C@@H](NS(=O)(=O)N(C)CCC(=O)O)c1ccccc1F. The van der Waals surface area contributed by atoms with Crippen LogP contribution in [0.2, 0.25) is 0 Å². The lowest BCUT2D eigenvalue weighted by atomic mass is 10.1. The van der Waals surface area contributed by atoms with Crippen LogP contribution in [0.15, 0.2) is 24.3 Å². The summed E-state index contributed by atoms with van der Waals surface area (Å²) in [6, 6.07) is 5.10. The summed E-state index contributed by atoms with van der Waals surface area (Å²) in [7, 11) is -2.60. The normalized spacial score (nSPS) is 13.4. The van der Waals surface area contributed by atoms with Crippen molar-refractivity contribution in [1.82, 2.24) is 9.03 Å². The molecular formula is C12H17FN2O4S. The molecule has 2 N–H and O–H groups in total. The van der Waals surface area contributed by atoms with Gasteiger partial charge in [0.05, 0.1) is 6.42 Å². The number of benzene rings is 1. The minimum Gasteiger partial charge on any atom is -0.481 e. The molecule has 0 saturated heterocycles. The molecule has 0 unspecified atom stereocenters. The number of carbonyl (C=O) groups is 1. The summed E-state index contributed by atoms with van der Waals surface area (Å²) < 4.78 is 40.6. The van der Waals surface area contributed by atoms with E-state index in [0.29, 0.717) is 0 Å². The standard InChI is InChI=1S/C12H17FN2O4S/c1-9(10-5-3-4-6-11(10)13)14-20(18,19)15(2)8-7-12(16)17/h3-6,9,14H,7-8H2,1-2H3,(H,16,17)/t9-/m1/s1. The van der Waals surface area contributed by atoms with Crippen molar-refractivity contribution in [2.75, 3.05) is 13.6 Å². The molecule has 8 heteroatoms. The van der Waals surface area contributed by atoms with Gasteiger partial charge in [-0.25, -0.2) is 4.39 Å². The zero-order valence-electron chi connectivity index (χ0n) is 11.2. The fourth-order valence-electron chi connectivity index (χ4n) is 1.58. The molecule has 1 atom stereocenters. The van der Waals surface area contributed by atoms with E-state index in [1.807, 2.05) is 0 Å². The second-order valence-electron chi connectivity index (χ2n) is 4.33. The molecule has 0 spiro atoms. The van der Waals surface area contributed by atoms with E-state index in [4.69, 9.17) is 5.11 Å². The summed E-state index contributed by atoms with van der Waals surface area (Å²) in [4.78, 5) is 10.4. The van der Waals surface area contributed by atoms with E-state index < -0.39 is 28.0 Å². The topological polar surface area (TPSA) is 86.7 Å². The van der Waals surface area contributed by atoms with Crippen LogP contribution in [-0.2, 0) is 15.0 Å². The van der Waals surface area contributed by atoms with Gasteiger partial charge in [0.15, 0.2) is 0 Å². The van der Waals surface area contributed by atoms with Crippen LogP contribution in [0.1, 0.15) is 24.9 Å². The number of aliphatic carboxylic acids is 1. The lowest BCUT2D eigenvalue weighted by Crippen LogP contribution is -2.40. The minimum absolute atomic E-state index is 0.158. The largest absolute Gasteiger partial charge is 0.481 e. The van der Waals surface area contributed by atoms with E-state index in [-0.39, 0.29) is 18.5 Å².